The van der Waals surface area contributed by atoms with E-state index in [-0.39, 0.29) is 11.9 Å². The average molecular weight is 288 g/mol. The van der Waals surface area contributed by atoms with Gasteiger partial charge >= 0.3 is 0 Å². The maximum absolute atomic E-state index is 14.1. The van der Waals surface area contributed by atoms with Crippen molar-refractivity contribution in [2.75, 3.05) is 13.2 Å². The van der Waals surface area contributed by atoms with Crippen molar-refractivity contribution in [1.29, 1.82) is 0 Å². The highest BCUT2D eigenvalue weighted by atomic mass is 19.1. The Hall–Kier alpha value is -1.94. The summed E-state index contributed by atoms with van der Waals surface area (Å²) < 4.78 is 19.9. The molecule has 1 unspecified atom stereocenters. The summed E-state index contributed by atoms with van der Waals surface area (Å²) in [4.78, 5) is 4.20. The predicted octanol–water partition coefficient (Wildman–Crippen LogP) is 3.71. The van der Waals surface area contributed by atoms with E-state index in [0.717, 1.165) is 17.7 Å². The molecule has 0 bridgehead atoms. The Morgan fingerprint density at radius 2 is 2.00 bits per heavy atom. The third-order valence-corrected chi connectivity index (χ3v) is 3.16. The molecule has 0 aliphatic carbocycles. The van der Waals surface area contributed by atoms with Gasteiger partial charge in [0.15, 0.2) is 0 Å². The van der Waals surface area contributed by atoms with E-state index in [2.05, 4.69) is 17.2 Å². The highest BCUT2D eigenvalue weighted by Gasteiger charge is 2.21. The Bertz CT molecular complexity index is 574. The molecule has 112 valence electrons. The Kier molecular flexibility index (Phi) is 5.69. The number of aromatic nitrogens is 1. The van der Waals surface area contributed by atoms with Gasteiger partial charge in [0.25, 0.3) is 0 Å². The Morgan fingerprint density at radius 3 is 2.71 bits per heavy atom. The number of ether oxygens (including phenoxy) is 1. The highest BCUT2D eigenvalue weighted by Crippen LogP contribution is 2.30. The molecule has 1 N–H and O–H groups in total. The van der Waals surface area contributed by atoms with Crippen LogP contribution in [0.2, 0.25) is 0 Å². The molecule has 0 aliphatic heterocycles. The second kappa shape index (κ2) is 7.74. The smallest absolute Gasteiger partial charge is 0.146 e. The summed E-state index contributed by atoms with van der Waals surface area (Å²) >= 11 is 0. The van der Waals surface area contributed by atoms with Gasteiger partial charge in [0, 0.05) is 11.8 Å². The fourth-order valence-electron chi connectivity index (χ4n) is 2.23. The largest absolute Gasteiger partial charge is 0.493 e. The van der Waals surface area contributed by atoms with E-state index in [4.69, 9.17) is 4.74 Å². The Labute approximate surface area is 125 Å². The van der Waals surface area contributed by atoms with E-state index in [9.17, 15) is 4.39 Å². The normalized spacial score (nSPS) is 12.1. The van der Waals surface area contributed by atoms with E-state index in [1.54, 1.807) is 12.3 Å². The first-order chi connectivity index (χ1) is 10.3. The van der Waals surface area contributed by atoms with Crippen LogP contribution in [0.15, 0.2) is 42.6 Å². The lowest BCUT2D eigenvalue weighted by molar-refractivity contribution is 0.311. The Morgan fingerprint density at radius 1 is 1.19 bits per heavy atom. The van der Waals surface area contributed by atoms with Crippen molar-refractivity contribution in [3.8, 4) is 5.75 Å². The predicted molar refractivity (Wildman–Crippen MR) is 81.9 cm³/mol. The molecule has 1 heterocycles. The second-order valence-electron chi connectivity index (χ2n) is 4.75. The quantitative estimate of drug-likeness (QED) is 0.843. The molecule has 0 radical (unpaired) electrons. The first-order valence-corrected chi connectivity index (χ1v) is 7.33. The zero-order chi connectivity index (χ0) is 15.1. The number of hydrogen-bond donors (Lipinski definition) is 1. The summed E-state index contributed by atoms with van der Waals surface area (Å²) in [6.07, 6.45) is 2.54. The van der Waals surface area contributed by atoms with Crippen molar-refractivity contribution in [2.24, 2.45) is 0 Å². The van der Waals surface area contributed by atoms with Crippen LogP contribution in [0.25, 0.3) is 0 Å². The van der Waals surface area contributed by atoms with Crippen LogP contribution in [0.1, 0.15) is 37.6 Å². The minimum atomic E-state index is -0.316. The molecule has 0 aliphatic rings. The van der Waals surface area contributed by atoms with E-state index >= 15 is 0 Å². The molecule has 0 saturated heterocycles. The topological polar surface area (TPSA) is 34.1 Å². The Balaban J connectivity index is 2.41. The van der Waals surface area contributed by atoms with Gasteiger partial charge in [0.2, 0.25) is 0 Å². The summed E-state index contributed by atoms with van der Waals surface area (Å²) in [7, 11) is 0. The first-order valence-electron chi connectivity index (χ1n) is 7.33. The van der Waals surface area contributed by atoms with Gasteiger partial charge in [-0.3, -0.25) is 4.98 Å². The first kappa shape index (κ1) is 15.4. The van der Waals surface area contributed by atoms with E-state index < -0.39 is 0 Å². The summed E-state index contributed by atoms with van der Waals surface area (Å²) in [5, 5.41) is 3.29. The minimum Gasteiger partial charge on any atom is -0.493 e. The SMILES string of the molecule is CCCOc1ccccc1C(NCC)c1ncccc1F. The van der Waals surface area contributed by atoms with Crippen LogP contribution < -0.4 is 10.1 Å². The summed E-state index contributed by atoms with van der Waals surface area (Å²) in [6, 6.07) is 10.4. The van der Waals surface area contributed by atoms with Crippen LogP contribution in [0.4, 0.5) is 4.39 Å². The van der Waals surface area contributed by atoms with Gasteiger partial charge in [-0.15, -0.1) is 0 Å². The number of pyridine rings is 1. The van der Waals surface area contributed by atoms with Crippen LogP contribution in [0.5, 0.6) is 5.75 Å². The van der Waals surface area contributed by atoms with Gasteiger partial charge in [-0.25, -0.2) is 4.39 Å². The molecule has 1 aromatic heterocycles. The van der Waals surface area contributed by atoms with Crippen LogP contribution >= 0.6 is 0 Å². The van der Waals surface area contributed by atoms with Crippen molar-refractivity contribution in [3.63, 3.8) is 0 Å². The molecule has 2 rings (SSSR count). The summed E-state index contributed by atoms with van der Waals surface area (Å²) in [5.41, 5.74) is 1.30. The fourth-order valence-corrected chi connectivity index (χ4v) is 2.23. The van der Waals surface area contributed by atoms with Crippen molar-refractivity contribution >= 4 is 0 Å². The summed E-state index contributed by atoms with van der Waals surface area (Å²) in [5.74, 6) is 0.462. The van der Waals surface area contributed by atoms with E-state index in [1.807, 2.05) is 31.2 Å². The van der Waals surface area contributed by atoms with Crippen LogP contribution in [0, 0.1) is 5.82 Å². The number of para-hydroxylation sites is 1. The third-order valence-electron chi connectivity index (χ3n) is 3.16. The molecule has 0 saturated carbocycles. The van der Waals surface area contributed by atoms with Gasteiger partial charge in [0.05, 0.1) is 18.3 Å². The zero-order valence-corrected chi connectivity index (χ0v) is 12.5. The van der Waals surface area contributed by atoms with Gasteiger partial charge in [0.1, 0.15) is 11.6 Å². The average Bonchev–Trinajstić information content (AvgIpc) is 2.52. The van der Waals surface area contributed by atoms with Crippen LogP contribution in [-0.4, -0.2) is 18.1 Å². The second-order valence-corrected chi connectivity index (χ2v) is 4.75. The van der Waals surface area contributed by atoms with E-state index in [1.165, 1.54) is 6.07 Å². The van der Waals surface area contributed by atoms with Gasteiger partial charge < -0.3 is 10.1 Å². The number of hydrogen-bond acceptors (Lipinski definition) is 3. The van der Waals surface area contributed by atoms with E-state index in [0.29, 0.717) is 18.8 Å². The maximum atomic E-state index is 14.1. The van der Waals surface area contributed by atoms with Crippen LogP contribution in [-0.2, 0) is 0 Å². The molecule has 1 atom stereocenters. The fraction of sp³-hybridized carbons (Fsp3) is 0.353. The molecular formula is C17H21FN2O. The standard InChI is InChI=1S/C17H21FN2O/c1-3-12-21-15-10-6-5-8-13(15)16(19-4-2)17-14(18)9-7-11-20-17/h5-11,16,19H,3-4,12H2,1-2H3. The molecule has 4 heteroatoms. The number of rotatable bonds is 7. The maximum Gasteiger partial charge on any atom is 0.146 e. The van der Waals surface area contributed by atoms with Gasteiger partial charge in [-0.2, -0.15) is 0 Å². The van der Waals surface area contributed by atoms with Crippen molar-refractivity contribution in [3.05, 3.63) is 59.7 Å². The van der Waals surface area contributed by atoms with Gasteiger partial charge in [-0.1, -0.05) is 32.0 Å². The molecule has 1 aromatic carbocycles. The lowest BCUT2D eigenvalue weighted by atomic mass is 10.0. The lowest BCUT2D eigenvalue weighted by Gasteiger charge is -2.21. The van der Waals surface area contributed by atoms with Crippen molar-refractivity contribution < 1.29 is 9.13 Å². The number of halogens is 1. The summed E-state index contributed by atoms with van der Waals surface area (Å²) in [6.45, 7) is 5.40. The molecule has 0 amide bonds. The minimum absolute atomic E-state index is 0.311. The monoisotopic (exact) mass is 288 g/mol. The molecular weight excluding hydrogens is 267 g/mol. The molecule has 21 heavy (non-hydrogen) atoms. The molecule has 2 aromatic rings. The van der Waals surface area contributed by atoms with Gasteiger partial charge in [-0.05, 0) is 31.2 Å². The molecule has 0 spiro atoms. The third kappa shape index (κ3) is 3.79. The zero-order valence-electron chi connectivity index (χ0n) is 12.5. The number of nitrogens with one attached hydrogen (secondary N) is 1. The molecule has 0 fully saturated rings. The lowest BCUT2D eigenvalue weighted by Crippen LogP contribution is -2.24. The van der Waals surface area contributed by atoms with Crippen molar-refractivity contribution in [1.82, 2.24) is 10.3 Å². The van der Waals surface area contributed by atoms with Crippen molar-refractivity contribution in [2.45, 2.75) is 26.3 Å². The number of benzene rings is 1. The molecule has 3 nitrogen and oxygen atoms in total. The van der Waals surface area contributed by atoms with Crippen LogP contribution in [0.3, 0.4) is 0 Å². The highest BCUT2D eigenvalue weighted by molar-refractivity contribution is 5.40. The number of nitrogens with zero attached hydrogens (tertiary/aromatic N) is 1.